The first kappa shape index (κ1) is 18.4. The minimum atomic E-state index is -0.835. The fourth-order valence-corrected chi connectivity index (χ4v) is 2.94. The van der Waals surface area contributed by atoms with Crippen molar-refractivity contribution in [2.45, 2.75) is 31.7 Å². The number of alkyl halides is 1. The van der Waals surface area contributed by atoms with Gasteiger partial charge in [0.15, 0.2) is 5.13 Å². The first-order chi connectivity index (χ1) is 11.3. The normalized spacial score (nSPS) is 12.5. The second-order valence-corrected chi connectivity index (χ2v) is 7.58. The van der Waals surface area contributed by atoms with E-state index in [1.54, 1.807) is 23.7 Å². The van der Waals surface area contributed by atoms with Crippen LogP contribution in [0.1, 0.15) is 31.7 Å². The van der Waals surface area contributed by atoms with Crippen molar-refractivity contribution >= 4 is 39.9 Å². The number of nitrogens with zero attached hydrogens (tertiary/aromatic N) is 2. The Labute approximate surface area is 150 Å². The highest BCUT2D eigenvalue weighted by atomic mass is 35.5. The maximum Gasteiger partial charge on any atom is 0.246 e. The minimum absolute atomic E-state index is 0.0854. The molecule has 0 bridgehead atoms. The highest BCUT2D eigenvalue weighted by molar-refractivity contribution is 7.13. The molecule has 2 aromatic rings. The van der Waals surface area contributed by atoms with Gasteiger partial charge in [0.1, 0.15) is 11.9 Å². The number of carbonyl (C=O) groups excluding carboxylic acids is 2. The maximum atomic E-state index is 12.8. The molecule has 0 saturated carbocycles. The molecule has 0 aliphatic rings. The van der Waals surface area contributed by atoms with E-state index in [1.807, 2.05) is 39.0 Å². The number of amides is 2. The van der Waals surface area contributed by atoms with Gasteiger partial charge in [0, 0.05) is 17.1 Å². The van der Waals surface area contributed by atoms with Crippen LogP contribution < -0.4 is 5.32 Å². The van der Waals surface area contributed by atoms with Crippen molar-refractivity contribution in [3.05, 3.63) is 47.5 Å². The molecule has 0 spiro atoms. The molecule has 1 aromatic heterocycles. The molecule has 0 saturated heterocycles. The van der Waals surface area contributed by atoms with E-state index in [-0.39, 0.29) is 18.4 Å². The SMILES string of the molecule is CC(C)(C)N(CC(=O)Nc1nccs1)C(=O)C(Cl)c1ccccc1. The van der Waals surface area contributed by atoms with E-state index in [0.717, 1.165) is 0 Å². The van der Waals surface area contributed by atoms with Gasteiger partial charge in [-0.3, -0.25) is 9.59 Å². The molecule has 1 heterocycles. The quantitative estimate of drug-likeness (QED) is 0.822. The third-order valence-electron chi connectivity index (χ3n) is 3.37. The predicted molar refractivity (Wildman–Crippen MR) is 97.2 cm³/mol. The lowest BCUT2D eigenvalue weighted by Gasteiger charge is -2.36. The van der Waals surface area contributed by atoms with E-state index in [2.05, 4.69) is 10.3 Å². The number of rotatable bonds is 5. The summed E-state index contributed by atoms with van der Waals surface area (Å²) in [4.78, 5) is 30.6. The average Bonchev–Trinajstić information content (AvgIpc) is 3.04. The topological polar surface area (TPSA) is 62.3 Å². The van der Waals surface area contributed by atoms with Gasteiger partial charge in [-0.05, 0) is 26.3 Å². The van der Waals surface area contributed by atoms with E-state index in [1.165, 1.54) is 16.2 Å². The molecule has 2 rings (SSSR count). The molecule has 1 aromatic carbocycles. The number of benzene rings is 1. The van der Waals surface area contributed by atoms with Crippen molar-refractivity contribution < 1.29 is 9.59 Å². The Morgan fingerprint density at radius 2 is 1.96 bits per heavy atom. The van der Waals surface area contributed by atoms with Crippen LogP contribution in [-0.2, 0) is 9.59 Å². The molecule has 24 heavy (non-hydrogen) atoms. The predicted octanol–water partition coefficient (Wildman–Crippen LogP) is 3.69. The average molecular weight is 366 g/mol. The summed E-state index contributed by atoms with van der Waals surface area (Å²) in [6.07, 6.45) is 1.61. The highest BCUT2D eigenvalue weighted by Crippen LogP contribution is 2.26. The van der Waals surface area contributed by atoms with Crippen molar-refractivity contribution in [3.8, 4) is 0 Å². The zero-order valence-corrected chi connectivity index (χ0v) is 15.4. The summed E-state index contributed by atoms with van der Waals surface area (Å²) >= 11 is 7.68. The van der Waals surface area contributed by atoms with Crippen LogP contribution in [0.25, 0.3) is 0 Å². The smallest absolute Gasteiger partial charge is 0.246 e. The van der Waals surface area contributed by atoms with E-state index >= 15 is 0 Å². The molecule has 5 nitrogen and oxygen atoms in total. The lowest BCUT2D eigenvalue weighted by molar-refractivity contribution is -0.139. The van der Waals surface area contributed by atoms with Gasteiger partial charge < -0.3 is 10.2 Å². The second kappa shape index (κ2) is 7.77. The standard InChI is InChI=1S/C17H20ClN3O2S/c1-17(2,3)21(11-13(22)20-16-19-9-10-24-16)15(23)14(18)12-7-5-4-6-8-12/h4-10,14H,11H2,1-3H3,(H,19,20,22). The van der Waals surface area contributed by atoms with Crippen LogP contribution in [0.15, 0.2) is 41.9 Å². The van der Waals surface area contributed by atoms with Crippen LogP contribution in [0, 0.1) is 0 Å². The van der Waals surface area contributed by atoms with Crippen LogP contribution in [0.2, 0.25) is 0 Å². The summed E-state index contributed by atoms with van der Waals surface area (Å²) in [6.45, 7) is 5.53. The Hall–Kier alpha value is -1.92. The summed E-state index contributed by atoms with van der Waals surface area (Å²) in [6, 6.07) is 9.11. The largest absolute Gasteiger partial charge is 0.327 e. The van der Waals surface area contributed by atoms with Crippen molar-refractivity contribution in [3.63, 3.8) is 0 Å². The third kappa shape index (κ3) is 4.79. The van der Waals surface area contributed by atoms with Gasteiger partial charge in [0.2, 0.25) is 11.8 Å². The number of carbonyl (C=O) groups is 2. The lowest BCUT2D eigenvalue weighted by Crippen LogP contribution is -2.50. The van der Waals surface area contributed by atoms with Crippen molar-refractivity contribution in [2.75, 3.05) is 11.9 Å². The lowest BCUT2D eigenvalue weighted by atomic mass is 10.0. The van der Waals surface area contributed by atoms with Crippen molar-refractivity contribution in [1.82, 2.24) is 9.88 Å². The number of anilines is 1. The van der Waals surface area contributed by atoms with Gasteiger partial charge >= 0.3 is 0 Å². The first-order valence-corrected chi connectivity index (χ1v) is 8.80. The Balaban J connectivity index is 2.13. The van der Waals surface area contributed by atoms with Gasteiger partial charge in [-0.2, -0.15) is 0 Å². The zero-order chi connectivity index (χ0) is 17.7. The molecule has 0 aliphatic carbocycles. The number of hydrogen-bond donors (Lipinski definition) is 1. The maximum absolute atomic E-state index is 12.8. The Morgan fingerprint density at radius 3 is 2.50 bits per heavy atom. The number of halogens is 1. The first-order valence-electron chi connectivity index (χ1n) is 7.49. The summed E-state index contributed by atoms with van der Waals surface area (Å²) < 4.78 is 0. The van der Waals surface area contributed by atoms with Gasteiger partial charge in [0.05, 0.1) is 0 Å². The molecule has 128 valence electrons. The minimum Gasteiger partial charge on any atom is -0.327 e. The summed E-state index contributed by atoms with van der Waals surface area (Å²) in [5.74, 6) is -0.602. The Bertz CT molecular complexity index is 684. The Morgan fingerprint density at radius 1 is 1.29 bits per heavy atom. The molecule has 1 N–H and O–H groups in total. The van der Waals surface area contributed by atoms with Crippen LogP contribution in [-0.4, -0.2) is 33.8 Å². The van der Waals surface area contributed by atoms with Crippen LogP contribution in [0.3, 0.4) is 0 Å². The number of aromatic nitrogens is 1. The van der Waals surface area contributed by atoms with Gasteiger partial charge in [-0.1, -0.05) is 30.3 Å². The third-order valence-corrected chi connectivity index (χ3v) is 4.49. The molecule has 1 atom stereocenters. The van der Waals surface area contributed by atoms with Gasteiger partial charge in [-0.15, -0.1) is 22.9 Å². The highest BCUT2D eigenvalue weighted by Gasteiger charge is 2.33. The molecular weight excluding hydrogens is 346 g/mol. The van der Waals surface area contributed by atoms with E-state index < -0.39 is 10.9 Å². The van der Waals surface area contributed by atoms with Crippen LogP contribution in [0.5, 0.6) is 0 Å². The summed E-state index contributed by atoms with van der Waals surface area (Å²) in [5.41, 5.74) is 0.165. The van der Waals surface area contributed by atoms with Crippen LogP contribution in [0.4, 0.5) is 5.13 Å². The number of thiazole rings is 1. The van der Waals surface area contributed by atoms with E-state index in [4.69, 9.17) is 11.6 Å². The van der Waals surface area contributed by atoms with E-state index in [0.29, 0.717) is 10.7 Å². The summed E-state index contributed by atoms with van der Waals surface area (Å²) in [7, 11) is 0. The number of nitrogens with one attached hydrogen (secondary N) is 1. The molecule has 1 unspecified atom stereocenters. The fourth-order valence-electron chi connectivity index (χ4n) is 2.13. The fraction of sp³-hybridized carbons (Fsp3) is 0.353. The van der Waals surface area contributed by atoms with Gasteiger partial charge in [-0.25, -0.2) is 4.98 Å². The van der Waals surface area contributed by atoms with Crippen LogP contribution >= 0.6 is 22.9 Å². The molecule has 7 heteroatoms. The Kier molecular flexibility index (Phi) is 5.96. The molecule has 2 amide bonds. The molecule has 0 radical (unpaired) electrons. The summed E-state index contributed by atoms with van der Waals surface area (Å²) in [5, 5.41) is 4.13. The zero-order valence-electron chi connectivity index (χ0n) is 13.8. The van der Waals surface area contributed by atoms with Gasteiger partial charge in [0.25, 0.3) is 0 Å². The molecule has 0 aliphatic heterocycles. The second-order valence-electron chi connectivity index (χ2n) is 6.25. The van der Waals surface area contributed by atoms with E-state index in [9.17, 15) is 9.59 Å². The number of hydrogen-bond acceptors (Lipinski definition) is 4. The molecular formula is C17H20ClN3O2S. The monoisotopic (exact) mass is 365 g/mol. The van der Waals surface area contributed by atoms with Crippen molar-refractivity contribution in [1.29, 1.82) is 0 Å². The van der Waals surface area contributed by atoms with Crippen molar-refractivity contribution in [2.24, 2.45) is 0 Å². The molecule has 0 fully saturated rings.